The standard InChI is InChI=1S/C21H20F4N2O2.H3NOS/c22-14-5-2-6-15(23)18(14)13-4-1-7-17-19(13)16(12-29-17)26-20(28)27-10-3-8-21(24,25)9-11-27;1-3-2/h1-2,4-7,16H,3,8-12H2,(H,26,28);2H,1H2/t16-;/m1./s1. The molecule has 2 heterocycles. The van der Waals surface area contributed by atoms with E-state index in [0.717, 1.165) is 0 Å². The average molecular weight is 473 g/mol. The van der Waals surface area contributed by atoms with Gasteiger partial charge in [0.15, 0.2) is 0 Å². The molecule has 174 valence electrons. The molecule has 0 saturated carbocycles. The van der Waals surface area contributed by atoms with E-state index < -0.39 is 29.6 Å². The summed E-state index contributed by atoms with van der Waals surface area (Å²) in [6, 6.07) is 7.33. The van der Waals surface area contributed by atoms with Crippen molar-refractivity contribution in [3.63, 3.8) is 0 Å². The van der Waals surface area contributed by atoms with Gasteiger partial charge in [0.05, 0.1) is 23.8 Å². The van der Waals surface area contributed by atoms with E-state index in [4.69, 9.17) is 9.29 Å². The topological polar surface area (TPSA) is 87.8 Å². The maximum Gasteiger partial charge on any atom is 0.318 e. The van der Waals surface area contributed by atoms with E-state index in [1.807, 2.05) is 0 Å². The van der Waals surface area contributed by atoms with Crippen LogP contribution in [0.15, 0.2) is 36.4 Å². The van der Waals surface area contributed by atoms with Gasteiger partial charge in [0, 0.05) is 31.5 Å². The van der Waals surface area contributed by atoms with Gasteiger partial charge in [0.2, 0.25) is 5.92 Å². The summed E-state index contributed by atoms with van der Waals surface area (Å²) >= 11 is 0.250. The lowest BCUT2D eigenvalue weighted by Gasteiger charge is -2.24. The third kappa shape index (κ3) is 5.45. The van der Waals surface area contributed by atoms with Crippen molar-refractivity contribution in [1.82, 2.24) is 10.2 Å². The number of likely N-dealkylation sites (tertiary alicyclic amines) is 1. The van der Waals surface area contributed by atoms with Crippen molar-refractivity contribution in [1.29, 1.82) is 0 Å². The number of benzene rings is 2. The summed E-state index contributed by atoms with van der Waals surface area (Å²) in [5.41, 5.74) is 0.580. The average Bonchev–Trinajstić information content (AvgIpc) is 3.04. The second kappa shape index (κ2) is 10.4. The van der Waals surface area contributed by atoms with Crippen molar-refractivity contribution < 1.29 is 31.6 Å². The number of halogens is 4. The minimum absolute atomic E-state index is 0.0527. The minimum Gasteiger partial charge on any atom is -0.491 e. The van der Waals surface area contributed by atoms with Crippen LogP contribution in [0.25, 0.3) is 11.1 Å². The van der Waals surface area contributed by atoms with Crippen LogP contribution in [0.3, 0.4) is 0 Å². The molecule has 0 aromatic heterocycles. The van der Waals surface area contributed by atoms with Gasteiger partial charge in [-0.15, -0.1) is 0 Å². The molecule has 6 nitrogen and oxygen atoms in total. The van der Waals surface area contributed by atoms with Crippen molar-refractivity contribution in [3.05, 3.63) is 53.6 Å². The molecule has 32 heavy (non-hydrogen) atoms. The van der Waals surface area contributed by atoms with Crippen LogP contribution in [0.2, 0.25) is 0 Å². The van der Waals surface area contributed by atoms with E-state index in [1.165, 1.54) is 23.1 Å². The molecule has 0 spiro atoms. The second-order valence-electron chi connectivity index (χ2n) is 7.43. The molecule has 2 aromatic carbocycles. The van der Waals surface area contributed by atoms with Crippen molar-refractivity contribution in [3.8, 4) is 16.9 Å². The Morgan fingerprint density at radius 2 is 1.81 bits per heavy atom. The Labute approximate surface area is 187 Å². The van der Waals surface area contributed by atoms with Gasteiger partial charge in [-0.1, -0.05) is 18.2 Å². The molecule has 1 atom stereocenters. The van der Waals surface area contributed by atoms with Crippen LogP contribution in [-0.2, 0) is 0 Å². The zero-order valence-corrected chi connectivity index (χ0v) is 17.8. The Kier molecular flexibility index (Phi) is 7.86. The lowest BCUT2D eigenvalue weighted by atomic mass is 9.94. The fraction of sp³-hybridized carbons (Fsp3) is 0.381. The predicted octanol–water partition coefficient (Wildman–Crippen LogP) is 4.96. The molecule has 2 aliphatic rings. The highest BCUT2D eigenvalue weighted by molar-refractivity contribution is 7.91. The third-order valence-corrected chi connectivity index (χ3v) is 5.36. The van der Waals surface area contributed by atoms with E-state index in [-0.39, 0.29) is 56.8 Å². The lowest BCUT2D eigenvalue weighted by molar-refractivity contribution is -0.0122. The number of carbonyl (C=O) groups is 1. The fourth-order valence-electron chi connectivity index (χ4n) is 3.88. The van der Waals surface area contributed by atoms with Crippen LogP contribution in [0, 0.1) is 11.6 Å². The molecule has 0 unspecified atom stereocenters. The first-order chi connectivity index (χ1) is 15.3. The number of hydrogen-bond acceptors (Lipinski definition) is 5. The number of fused-ring (bicyclic) bond motifs is 1. The van der Waals surface area contributed by atoms with Crippen molar-refractivity contribution in [2.45, 2.75) is 31.2 Å². The van der Waals surface area contributed by atoms with Gasteiger partial charge in [-0.25, -0.2) is 22.4 Å². The molecule has 1 saturated heterocycles. The van der Waals surface area contributed by atoms with E-state index in [1.54, 1.807) is 18.2 Å². The molecular formula is C21H23F4N3O3S. The van der Waals surface area contributed by atoms with Crippen LogP contribution in [0.4, 0.5) is 22.4 Å². The predicted molar refractivity (Wildman–Crippen MR) is 113 cm³/mol. The summed E-state index contributed by atoms with van der Waals surface area (Å²) in [6.45, 7) is 0.270. The van der Waals surface area contributed by atoms with Gasteiger partial charge < -0.3 is 19.5 Å². The zero-order valence-electron chi connectivity index (χ0n) is 17.0. The molecule has 4 rings (SSSR count). The Bertz CT molecular complexity index is 944. The number of urea groups is 1. The first kappa shape index (κ1) is 24.1. The zero-order chi connectivity index (χ0) is 23.3. The molecule has 0 radical (unpaired) electrons. The number of rotatable bonds is 2. The number of nitrogens with two attached hydrogens (primary N) is 1. The minimum atomic E-state index is -2.77. The summed E-state index contributed by atoms with van der Waals surface area (Å²) in [5.74, 6) is -3.78. The van der Waals surface area contributed by atoms with E-state index in [0.29, 0.717) is 16.9 Å². The molecule has 0 aliphatic carbocycles. The van der Waals surface area contributed by atoms with E-state index in [9.17, 15) is 22.4 Å². The van der Waals surface area contributed by atoms with Gasteiger partial charge in [0.25, 0.3) is 0 Å². The summed E-state index contributed by atoms with van der Waals surface area (Å²) in [4.78, 5) is 14.0. The summed E-state index contributed by atoms with van der Waals surface area (Å²) in [6.07, 6.45) is -0.420. The molecule has 4 N–H and O–H groups in total. The molecule has 1 fully saturated rings. The molecule has 2 aliphatic heterocycles. The van der Waals surface area contributed by atoms with Crippen LogP contribution < -0.4 is 15.2 Å². The number of amides is 2. The van der Waals surface area contributed by atoms with Gasteiger partial charge in [-0.2, -0.15) is 0 Å². The Hall–Kier alpha value is -2.50. The van der Waals surface area contributed by atoms with Crippen molar-refractivity contribution in [2.24, 2.45) is 5.14 Å². The molecule has 2 amide bonds. The summed E-state index contributed by atoms with van der Waals surface area (Å²) in [5, 5.41) is 7.10. The smallest absolute Gasteiger partial charge is 0.318 e. The normalized spacial score (nSPS) is 19.2. The van der Waals surface area contributed by atoms with Crippen LogP contribution in [0.5, 0.6) is 5.75 Å². The molecule has 0 bridgehead atoms. The second-order valence-corrected chi connectivity index (χ2v) is 7.64. The summed E-state index contributed by atoms with van der Waals surface area (Å²) in [7, 11) is 0. The maximum absolute atomic E-state index is 14.4. The Morgan fingerprint density at radius 3 is 2.50 bits per heavy atom. The van der Waals surface area contributed by atoms with Crippen LogP contribution in [0.1, 0.15) is 30.9 Å². The quantitative estimate of drug-likeness (QED) is 0.326. The van der Waals surface area contributed by atoms with Gasteiger partial charge in [-0.05, 0) is 30.2 Å². The maximum atomic E-state index is 14.4. The molecule has 11 heteroatoms. The Morgan fingerprint density at radius 1 is 1.16 bits per heavy atom. The van der Waals surface area contributed by atoms with Gasteiger partial charge in [0.1, 0.15) is 24.0 Å². The highest BCUT2D eigenvalue weighted by Crippen LogP contribution is 2.41. The monoisotopic (exact) mass is 473 g/mol. The third-order valence-electron chi connectivity index (χ3n) is 5.36. The molecular weight excluding hydrogens is 450 g/mol. The highest BCUT2D eigenvalue weighted by Gasteiger charge is 2.35. The van der Waals surface area contributed by atoms with Crippen molar-refractivity contribution >= 4 is 18.3 Å². The van der Waals surface area contributed by atoms with Crippen LogP contribution >= 0.6 is 12.2 Å². The van der Waals surface area contributed by atoms with Crippen molar-refractivity contribution in [2.75, 3.05) is 19.7 Å². The first-order valence-corrected chi connectivity index (χ1v) is 10.7. The number of nitrogens with one attached hydrogen (secondary N) is 1. The van der Waals surface area contributed by atoms with Crippen LogP contribution in [-0.4, -0.2) is 41.1 Å². The van der Waals surface area contributed by atoms with Gasteiger partial charge >= 0.3 is 6.03 Å². The highest BCUT2D eigenvalue weighted by atomic mass is 32.2. The summed E-state index contributed by atoms with van der Waals surface area (Å²) < 4.78 is 68.7. The first-order valence-electron chi connectivity index (χ1n) is 9.91. The number of hydrogen-bond donors (Lipinski definition) is 3. The molecule has 2 aromatic rings. The number of nitrogens with zero attached hydrogens (tertiary/aromatic N) is 1. The fourth-order valence-corrected chi connectivity index (χ4v) is 3.88. The number of carbonyl (C=O) groups excluding carboxylic acids is 1. The Balaban J connectivity index is 0.000000913. The lowest BCUT2D eigenvalue weighted by Crippen LogP contribution is -2.42. The number of alkyl halides is 2. The van der Waals surface area contributed by atoms with E-state index >= 15 is 0 Å². The largest absolute Gasteiger partial charge is 0.491 e. The number of ether oxygens (including phenoxy) is 1. The van der Waals surface area contributed by atoms with E-state index in [2.05, 4.69) is 10.5 Å². The SMILES string of the molecule is NSO.O=C(N[C@@H]1COc2cccc(-c3c(F)cccc3F)c21)N1CCCC(F)(F)CC1. The van der Waals surface area contributed by atoms with Gasteiger partial charge in [-0.3, -0.25) is 5.14 Å².